The quantitative estimate of drug-likeness (QED) is 0.831. The van der Waals surface area contributed by atoms with Gasteiger partial charge in [0.1, 0.15) is 0 Å². The van der Waals surface area contributed by atoms with Gasteiger partial charge in [0.05, 0.1) is 0 Å². The van der Waals surface area contributed by atoms with E-state index in [0.29, 0.717) is 6.04 Å². The van der Waals surface area contributed by atoms with Crippen molar-refractivity contribution in [3.05, 3.63) is 58.3 Å². The fourth-order valence-corrected chi connectivity index (χ4v) is 3.01. The number of nitrogens with zero attached hydrogens (tertiary/aromatic N) is 1. The lowest BCUT2D eigenvalue weighted by Gasteiger charge is -2.15. The van der Waals surface area contributed by atoms with E-state index in [2.05, 4.69) is 75.5 Å². The third-order valence-corrected chi connectivity index (χ3v) is 4.46. The van der Waals surface area contributed by atoms with Gasteiger partial charge >= 0.3 is 0 Å². The third kappa shape index (κ3) is 3.33. The molecule has 0 amide bonds. The monoisotopic (exact) mass is 332 g/mol. The van der Waals surface area contributed by atoms with Crippen molar-refractivity contribution in [3.63, 3.8) is 0 Å². The van der Waals surface area contributed by atoms with Crippen LogP contribution in [-0.4, -0.2) is 11.1 Å². The molecule has 1 unspecified atom stereocenters. The Kier molecular flexibility index (Phi) is 4.27. The molecule has 2 aromatic rings. The fourth-order valence-electron chi connectivity index (χ4n) is 2.75. The Morgan fingerprint density at radius 1 is 1.25 bits per heavy atom. The molecule has 1 atom stereocenters. The average molecular weight is 333 g/mol. The van der Waals surface area contributed by atoms with Gasteiger partial charge in [-0.2, -0.15) is 0 Å². The van der Waals surface area contributed by atoms with Gasteiger partial charge < -0.3 is 9.88 Å². The molecule has 1 aliphatic carbocycles. The highest BCUT2D eigenvalue weighted by Gasteiger charge is 2.31. The first-order valence-electron chi connectivity index (χ1n) is 7.40. The summed E-state index contributed by atoms with van der Waals surface area (Å²) in [6, 6.07) is 11.4. The number of halogens is 1. The molecule has 1 aromatic heterocycles. The highest BCUT2D eigenvalue weighted by Crippen LogP contribution is 2.41. The molecule has 2 nitrogen and oxygen atoms in total. The molecule has 3 heteroatoms. The predicted octanol–water partition coefficient (Wildman–Crippen LogP) is 4.36. The van der Waals surface area contributed by atoms with Gasteiger partial charge in [-0.05, 0) is 54.6 Å². The molecule has 1 heterocycles. The second kappa shape index (κ2) is 6.15. The van der Waals surface area contributed by atoms with Crippen molar-refractivity contribution in [3.8, 4) is 0 Å². The molecule has 0 saturated heterocycles. The topological polar surface area (TPSA) is 17.0 Å². The second-order valence-electron chi connectivity index (χ2n) is 5.62. The minimum Gasteiger partial charge on any atom is -0.350 e. The Hall–Kier alpha value is -1.06. The second-order valence-corrected chi connectivity index (χ2v) is 6.53. The summed E-state index contributed by atoms with van der Waals surface area (Å²) in [5.41, 5.74) is 2.77. The molecule has 3 rings (SSSR count). The number of hydrogen-bond acceptors (Lipinski definition) is 1. The lowest BCUT2D eigenvalue weighted by molar-refractivity contribution is 0.495. The van der Waals surface area contributed by atoms with E-state index in [4.69, 9.17) is 0 Å². The van der Waals surface area contributed by atoms with Crippen molar-refractivity contribution in [2.24, 2.45) is 5.92 Å². The van der Waals surface area contributed by atoms with Gasteiger partial charge in [-0.1, -0.05) is 35.0 Å². The van der Waals surface area contributed by atoms with Gasteiger partial charge in [-0.25, -0.2) is 0 Å². The Morgan fingerprint density at radius 3 is 2.65 bits per heavy atom. The van der Waals surface area contributed by atoms with Gasteiger partial charge in [0.15, 0.2) is 0 Å². The van der Waals surface area contributed by atoms with Crippen molar-refractivity contribution in [1.82, 2.24) is 9.88 Å². The van der Waals surface area contributed by atoms with Gasteiger partial charge in [0, 0.05) is 29.5 Å². The van der Waals surface area contributed by atoms with Crippen LogP contribution in [0.2, 0.25) is 0 Å². The fraction of sp³-hybridized carbons (Fsp3) is 0.412. The van der Waals surface area contributed by atoms with Gasteiger partial charge in [-0.15, -0.1) is 0 Å². The molecule has 1 fully saturated rings. The Bertz CT molecular complexity index is 555. The molecule has 1 aromatic carbocycles. The number of aromatic nitrogens is 1. The number of nitrogens with one attached hydrogen (secondary N) is 1. The molecule has 1 saturated carbocycles. The number of rotatable bonds is 6. The maximum absolute atomic E-state index is 3.63. The first-order chi connectivity index (χ1) is 9.76. The van der Waals surface area contributed by atoms with Crippen LogP contribution in [0.5, 0.6) is 0 Å². The highest BCUT2D eigenvalue weighted by atomic mass is 79.9. The van der Waals surface area contributed by atoms with E-state index in [1.807, 2.05) is 0 Å². The summed E-state index contributed by atoms with van der Waals surface area (Å²) in [4.78, 5) is 0. The van der Waals surface area contributed by atoms with Crippen LogP contribution in [-0.2, 0) is 6.54 Å². The van der Waals surface area contributed by atoms with E-state index in [-0.39, 0.29) is 0 Å². The minimum absolute atomic E-state index is 0.547. The molecular formula is C17H21BrN2. The minimum atomic E-state index is 0.547. The smallest absolute Gasteiger partial charge is 0.0470 e. The van der Waals surface area contributed by atoms with Crippen LogP contribution in [0.4, 0.5) is 0 Å². The molecule has 0 spiro atoms. The maximum Gasteiger partial charge on any atom is 0.0470 e. The Morgan fingerprint density at radius 2 is 2.00 bits per heavy atom. The highest BCUT2D eigenvalue weighted by molar-refractivity contribution is 9.10. The van der Waals surface area contributed by atoms with E-state index >= 15 is 0 Å². The molecule has 0 bridgehead atoms. The van der Waals surface area contributed by atoms with E-state index in [1.54, 1.807) is 0 Å². The SMILES string of the molecule is CCNC(c1ccn(Cc2ccc(Br)cc2)c1)C1CC1. The third-order valence-electron chi connectivity index (χ3n) is 3.93. The number of benzene rings is 1. The zero-order chi connectivity index (χ0) is 13.9. The lowest BCUT2D eigenvalue weighted by atomic mass is 10.1. The zero-order valence-corrected chi connectivity index (χ0v) is 13.4. The van der Waals surface area contributed by atoms with Gasteiger partial charge in [-0.3, -0.25) is 0 Å². The summed E-state index contributed by atoms with van der Waals surface area (Å²) in [6.07, 6.45) is 7.24. The van der Waals surface area contributed by atoms with E-state index in [1.165, 1.54) is 24.0 Å². The van der Waals surface area contributed by atoms with Crippen LogP contribution in [0, 0.1) is 5.92 Å². The molecule has 1 N–H and O–H groups in total. The predicted molar refractivity (Wildman–Crippen MR) is 86.8 cm³/mol. The van der Waals surface area contributed by atoms with Crippen molar-refractivity contribution >= 4 is 15.9 Å². The van der Waals surface area contributed by atoms with E-state index < -0.39 is 0 Å². The number of hydrogen-bond donors (Lipinski definition) is 1. The van der Waals surface area contributed by atoms with Crippen molar-refractivity contribution in [2.75, 3.05) is 6.54 Å². The standard InChI is InChI=1S/C17H21BrN2/c1-2-19-17(14-5-6-14)15-9-10-20(12-15)11-13-3-7-16(18)8-4-13/h3-4,7-10,12,14,17,19H,2,5-6,11H2,1H3. The van der Waals surface area contributed by atoms with E-state index in [0.717, 1.165) is 23.5 Å². The van der Waals surface area contributed by atoms with Crippen LogP contribution < -0.4 is 5.32 Å². The summed E-state index contributed by atoms with van der Waals surface area (Å²) in [5, 5.41) is 3.63. The van der Waals surface area contributed by atoms with Crippen LogP contribution in [0.25, 0.3) is 0 Å². The lowest BCUT2D eigenvalue weighted by Crippen LogP contribution is -2.22. The molecule has 0 radical (unpaired) electrons. The summed E-state index contributed by atoms with van der Waals surface area (Å²) in [6.45, 7) is 4.17. The maximum atomic E-state index is 3.63. The van der Waals surface area contributed by atoms with Gasteiger partial charge in [0.25, 0.3) is 0 Å². The summed E-state index contributed by atoms with van der Waals surface area (Å²) >= 11 is 3.48. The molecule has 20 heavy (non-hydrogen) atoms. The average Bonchev–Trinajstić information content (AvgIpc) is 3.19. The van der Waals surface area contributed by atoms with E-state index in [9.17, 15) is 0 Å². The van der Waals surface area contributed by atoms with Crippen molar-refractivity contribution < 1.29 is 0 Å². The van der Waals surface area contributed by atoms with Crippen LogP contribution >= 0.6 is 15.9 Å². The van der Waals surface area contributed by atoms with Gasteiger partial charge in [0.2, 0.25) is 0 Å². The normalized spacial score (nSPS) is 16.3. The molecular weight excluding hydrogens is 312 g/mol. The molecule has 106 valence electrons. The Balaban J connectivity index is 1.70. The molecule has 1 aliphatic rings. The van der Waals surface area contributed by atoms with Crippen LogP contribution in [0.1, 0.15) is 36.9 Å². The summed E-state index contributed by atoms with van der Waals surface area (Å²) < 4.78 is 3.42. The molecule has 0 aliphatic heterocycles. The van der Waals surface area contributed by atoms with Crippen LogP contribution in [0.15, 0.2) is 47.2 Å². The Labute approximate surface area is 129 Å². The zero-order valence-electron chi connectivity index (χ0n) is 11.8. The summed E-state index contributed by atoms with van der Waals surface area (Å²) in [7, 11) is 0. The van der Waals surface area contributed by atoms with Crippen LogP contribution in [0.3, 0.4) is 0 Å². The first-order valence-corrected chi connectivity index (χ1v) is 8.19. The van der Waals surface area contributed by atoms with Crippen molar-refractivity contribution in [2.45, 2.75) is 32.4 Å². The van der Waals surface area contributed by atoms with Crippen molar-refractivity contribution in [1.29, 1.82) is 0 Å². The first kappa shape index (κ1) is 13.9. The summed E-state index contributed by atoms with van der Waals surface area (Å²) in [5.74, 6) is 0.846. The largest absolute Gasteiger partial charge is 0.350 e.